The number of hydrogen-bond acceptors (Lipinski definition) is 4. The van der Waals surface area contributed by atoms with Gasteiger partial charge in [-0.1, -0.05) is 67.3 Å². The highest BCUT2D eigenvalue weighted by molar-refractivity contribution is 8.00. The third-order valence-electron chi connectivity index (χ3n) is 7.04. The topological polar surface area (TPSA) is 74.7 Å². The minimum Gasteiger partial charge on any atom is -0.481 e. The Morgan fingerprint density at radius 3 is 2.06 bits per heavy atom. The molecule has 0 bridgehead atoms. The van der Waals surface area contributed by atoms with Gasteiger partial charge in [-0.2, -0.15) is 16.1 Å². The second kappa shape index (κ2) is 9.80. The van der Waals surface area contributed by atoms with Gasteiger partial charge in [-0.3, -0.25) is 4.79 Å². The fourth-order valence-electron chi connectivity index (χ4n) is 5.32. The molecule has 0 aromatic heterocycles. The number of aryl methyl sites for hydroxylation is 2. The molecule has 1 N–H and O–H groups in total. The van der Waals surface area contributed by atoms with Crippen molar-refractivity contribution >= 4 is 27.8 Å². The molecule has 7 heteroatoms. The normalized spacial score (nSPS) is 26.6. The van der Waals surface area contributed by atoms with Crippen LogP contribution in [0.1, 0.15) is 61.8 Å². The first-order valence-electron chi connectivity index (χ1n) is 11.8. The standard InChI is InChI=1S/C26H33NO4S2/c1-4-22-25(32-20-7-5-6-8-20)23(26(28)29)24(19-13-9-17(2)10-14-19)27(22)33(30,31)21-15-11-18(3)12-16-21/h9-16,20,22-25H,4-8H2,1-3H3,(H,28,29)/t22-,23+,24+,25-/m1/s1. The molecule has 0 amide bonds. The highest BCUT2D eigenvalue weighted by Crippen LogP contribution is 2.52. The first-order valence-corrected chi connectivity index (χ1v) is 14.2. The number of benzene rings is 2. The number of sulfonamides is 1. The fourth-order valence-corrected chi connectivity index (χ4v) is 9.29. The van der Waals surface area contributed by atoms with Gasteiger partial charge in [0.25, 0.3) is 0 Å². The van der Waals surface area contributed by atoms with Crippen molar-refractivity contribution in [2.45, 2.75) is 80.4 Å². The van der Waals surface area contributed by atoms with E-state index in [-0.39, 0.29) is 16.2 Å². The van der Waals surface area contributed by atoms with Crippen molar-refractivity contribution < 1.29 is 18.3 Å². The minimum absolute atomic E-state index is 0.222. The molecule has 2 fully saturated rings. The molecule has 1 saturated carbocycles. The Hall–Kier alpha value is -1.83. The summed E-state index contributed by atoms with van der Waals surface area (Å²) >= 11 is 1.72. The molecule has 33 heavy (non-hydrogen) atoms. The van der Waals surface area contributed by atoms with Crippen LogP contribution in [0.2, 0.25) is 0 Å². The zero-order valence-electron chi connectivity index (χ0n) is 19.5. The van der Waals surface area contributed by atoms with Crippen LogP contribution in [0.4, 0.5) is 0 Å². The quantitative estimate of drug-likeness (QED) is 0.552. The number of aliphatic carboxylic acids is 1. The third-order valence-corrected chi connectivity index (χ3v) is 10.7. The van der Waals surface area contributed by atoms with Crippen LogP contribution in [0.25, 0.3) is 0 Å². The molecule has 5 nitrogen and oxygen atoms in total. The summed E-state index contributed by atoms with van der Waals surface area (Å²) in [4.78, 5) is 12.9. The van der Waals surface area contributed by atoms with E-state index in [1.54, 1.807) is 36.0 Å². The lowest BCUT2D eigenvalue weighted by Crippen LogP contribution is -2.40. The van der Waals surface area contributed by atoms with E-state index < -0.39 is 28.0 Å². The van der Waals surface area contributed by atoms with Crippen molar-refractivity contribution in [2.24, 2.45) is 5.92 Å². The number of hydrogen-bond donors (Lipinski definition) is 1. The second-order valence-corrected chi connectivity index (χ2v) is 12.7. The van der Waals surface area contributed by atoms with E-state index in [2.05, 4.69) is 0 Å². The molecule has 1 heterocycles. The van der Waals surface area contributed by atoms with Crippen LogP contribution < -0.4 is 0 Å². The number of nitrogens with zero attached hydrogens (tertiary/aromatic N) is 1. The van der Waals surface area contributed by atoms with Gasteiger partial charge in [-0.05, 0) is 50.8 Å². The van der Waals surface area contributed by atoms with Crippen molar-refractivity contribution in [1.82, 2.24) is 4.31 Å². The summed E-state index contributed by atoms with van der Waals surface area (Å²) in [5, 5.41) is 10.5. The van der Waals surface area contributed by atoms with Crippen molar-refractivity contribution in [3.8, 4) is 0 Å². The monoisotopic (exact) mass is 487 g/mol. The lowest BCUT2D eigenvalue weighted by molar-refractivity contribution is -0.142. The lowest BCUT2D eigenvalue weighted by Gasteiger charge is -2.30. The van der Waals surface area contributed by atoms with Crippen LogP contribution in [0.5, 0.6) is 0 Å². The van der Waals surface area contributed by atoms with Crippen molar-refractivity contribution in [1.29, 1.82) is 0 Å². The maximum Gasteiger partial charge on any atom is 0.309 e. The Balaban J connectivity index is 1.86. The van der Waals surface area contributed by atoms with Crippen LogP contribution in [-0.2, 0) is 14.8 Å². The third kappa shape index (κ3) is 4.73. The summed E-state index contributed by atoms with van der Waals surface area (Å²) in [6, 6.07) is 13.4. The number of carbonyl (C=O) groups is 1. The highest BCUT2D eigenvalue weighted by Gasteiger charge is 2.57. The average molecular weight is 488 g/mol. The minimum atomic E-state index is -3.90. The molecule has 0 spiro atoms. The van der Waals surface area contributed by atoms with Gasteiger partial charge in [0.05, 0.1) is 16.9 Å². The summed E-state index contributed by atoms with van der Waals surface area (Å²) in [5.41, 5.74) is 2.78. The van der Waals surface area contributed by atoms with Crippen LogP contribution in [0.3, 0.4) is 0 Å². The van der Waals surface area contributed by atoms with E-state index in [9.17, 15) is 18.3 Å². The van der Waals surface area contributed by atoms with Gasteiger partial charge in [0, 0.05) is 16.5 Å². The Morgan fingerprint density at radius 1 is 1.00 bits per heavy atom. The van der Waals surface area contributed by atoms with Gasteiger partial charge < -0.3 is 5.11 Å². The van der Waals surface area contributed by atoms with Crippen LogP contribution in [0, 0.1) is 19.8 Å². The average Bonchev–Trinajstić information content (AvgIpc) is 3.41. The molecule has 1 aliphatic carbocycles. The first-order chi connectivity index (χ1) is 15.7. The first kappa shape index (κ1) is 24.3. The Kier molecular flexibility index (Phi) is 7.22. The Morgan fingerprint density at radius 2 is 1.55 bits per heavy atom. The highest BCUT2D eigenvalue weighted by atomic mass is 32.2. The van der Waals surface area contributed by atoms with E-state index in [4.69, 9.17) is 0 Å². The summed E-state index contributed by atoms with van der Waals surface area (Å²) in [7, 11) is -3.90. The summed E-state index contributed by atoms with van der Waals surface area (Å²) in [6.07, 6.45) is 5.03. The summed E-state index contributed by atoms with van der Waals surface area (Å²) < 4.78 is 29.6. The van der Waals surface area contributed by atoms with Gasteiger partial charge >= 0.3 is 5.97 Å². The van der Waals surface area contributed by atoms with E-state index in [1.807, 2.05) is 45.0 Å². The predicted molar refractivity (Wildman–Crippen MR) is 133 cm³/mol. The number of thioether (sulfide) groups is 1. The van der Waals surface area contributed by atoms with Gasteiger partial charge in [-0.25, -0.2) is 8.42 Å². The fraction of sp³-hybridized carbons (Fsp3) is 0.500. The molecule has 2 aromatic rings. The second-order valence-electron chi connectivity index (χ2n) is 9.35. The zero-order valence-corrected chi connectivity index (χ0v) is 21.1. The number of carboxylic acids is 1. The molecule has 2 aromatic carbocycles. The molecule has 0 unspecified atom stereocenters. The van der Waals surface area contributed by atoms with Crippen molar-refractivity contribution in [2.75, 3.05) is 0 Å². The van der Waals surface area contributed by atoms with Gasteiger partial charge in [0.1, 0.15) is 0 Å². The van der Waals surface area contributed by atoms with Crippen molar-refractivity contribution in [3.05, 3.63) is 65.2 Å². The maximum atomic E-state index is 14.0. The van der Waals surface area contributed by atoms with Gasteiger partial charge in [0.2, 0.25) is 10.0 Å². The van der Waals surface area contributed by atoms with Gasteiger partial charge in [-0.15, -0.1) is 0 Å². The Bertz CT molecular complexity index is 1080. The molecule has 4 atom stereocenters. The van der Waals surface area contributed by atoms with E-state index in [0.717, 1.165) is 42.4 Å². The smallest absolute Gasteiger partial charge is 0.309 e. The van der Waals surface area contributed by atoms with E-state index in [1.165, 1.54) is 4.31 Å². The molecule has 4 rings (SSSR count). The van der Waals surface area contributed by atoms with Crippen molar-refractivity contribution in [3.63, 3.8) is 0 Å². The molecular formula is C26H33NO4S2. The lowest BCUT2D eigenvalue weighted by atomic mass is 9.92. The summed E-state index contributed by atoms with van der Waals surface area (Å²) in [5.74, 6) is -1.72. The Labute approximate surface area is 201 Å². The van der Waals surface area contributed by atoms with Crippen LogP contribution in [0.15, 0.2) is 53.4 Å². The number of rotatable bonds is 7. The number of carboxylic acid groups (broad SMARTS) is 1. The molecule has 1 aliphatic heterocycles. The largest absolute Gasteiger partial charge is 0.481 e. The molecule has 1 saturated heterocycles. The summed E-state index contributed by atoms with van der Waals surface area (Å²) in [6.45, 7) is 5.87. The van der Waals surface area contributed by atoms with E-state index >= 15 is 0 Å². The molecule has 178 valence electrons. The molecular weight excluding hydrogens is 454 g/mol. The van der Waals surface area contributed by atoms with Crippen LogP contribution in [-0.4, -0.2) is 40.3 Å². The molecule has 0 radical (unpaired) electrons. The SMILES string of the molecule is CC[C@@H]1[C@@H](SC2CCCC2)[C@@H](C(=O)O)[C@H](c2ccc(C)cc2)N1S(=O)(=O)c1ccc(C)cc1. The van der Waals surface area contributed by atoms with Gasteiger partial charge in [0.15, 0.2) is 0 Å². The predicted octanol–water partition coefficient (Wildman–Crippen LogP) is 5.57. The molecule has 2 aliphatic rings. The van der Waals surface area contributed by atoms with Crippen LogP contribution >= 0.6 is 11.8 Å². The maximum absolute atomic E-state index is 14.0. The van der Waals surface area contributed by atoms with E-state index in [0.29, 0.717) is 11.7 Å². The zero-order chi connectivity index (χ0) is 23.8.